The molecule has 4 rings (SSSR count). The Morgan fingerprint density at radius 1 is 1.12 bits per heavy atom. The highest BCUT2D eigenvalue weighted by Crippen LogP contribution is 2.24. The van der Waals surface area contributed by atoms with E-state index in [0.717, 1.165) is 63.2 Å². The number of nitrogens with zero attached hydrogens (tertiary/aromatic N) is 5. The van der Waals surface area contributed by atoms with Crippen LogP contribution in [-0.2, 0) is 17.8 Å². The van der Waals surface area contributed by atoms with Crippen molar-refractivity contribution in [2.45, 2.75) is 39.1 Å². The minimum Gasteiger partial charge on any atom is -0.373 e. The second kappa shape index (κ2) is 10.8. The number of pyridine rings is 1. The number of nitrogens with one attached hydrogen (secondary N) is 1. The number of fused-ring (bicyclic) bond motifs is 1. The van der Waals surface area contributed by atoms with Crippen LogP contribution in [0.1, 0.15) is 25.0 Å². The van der Waals surface area contributed by atoms with Crippen LogP contribution < -0.4 is 10.2 Å². The van der Waals surface area contributed by atoms with Crippen LogP contribution >= 0.6 is 0 Å². The molecule has 1 aromatic heterocycles. The van der Waals surface area contributed by atoms with Gasteiger partial charge in [-0.3, -0.25) is 9.89 Å². The van der Waals surface area contributed by atoms with Crippen LogP contribution in [0.5, 0.6) is 0 Å². The summed E-state index contributed by atoms with van der Waals surface area (Å²) in [6, 6.07) is 15.4. The highest BCUT2D eigenvalue weighted by Gasteiger charge is 2.41. The van der Waals surface area contributed by atoms with E-state index in [1.54, 1.807) is 0 Å². The van der Waals surface area contributed by atoms with Gasteiger partial charge in [0.15, 0.2) is 5.96 Å². The van der Waals surface area contributed by atoms with E-state index in [9.17, 15) is 0 Å². The fourth-order valence-electron chi connectivity index (χ4n) is 4.71. The third-order valence-corrected chi connectivity index (χ3v) is 6.50. The first-order chi connectivity index (χ1) is 15.7. The van der Waals surface area contributed by atoms with Crippen molar-refractivity contribution in [2.24, 2.45) is 4.99 Å². The molecular formula is C25H36N6O. The van der Waals surface area contributed by atoms with Crippen LogP contribution in [0.25, 0.3) is 0 Å². The molecule has 0 spiro atoms. The number of hydrogen-bond acceptors (Lipinski definition) is 5. The fraction of sp³-hybridized carbons (Fsp3) is 0.520. The minimum absolute atomic E-state index is 0.223. The molecule has 0 amide bonds. The van der Waals surface area contributed by atoms with Crippen molar-refractivity contribution in [2.75, 3.05) is 51.3 Å². The van der Waals surface area contributed by atoms with Crippen molar-refractivity contribution in [3.8, 4) is 0 Å². The van der Waals surface area contributed by atoms with E-state index in [2.05, 4.69) is 86.3 Å². The van der Waals surface area contributed by atoms with Crippen molar-refractivity contribution >= 4 is 11.8 Å². The van der Waals surface area contributed by atoms with E-state index in [1.807, 2.05) is 13.2 Å². The minimum atomic E-state index is 0.223. The summed E-state index contributed by atoms with van der Waals surface area (Å²) in [5.74, 6) is 1.96. The molecule has 7 heteroatoms. The van der Waals surface area contributed by atoms with E-state index in [1.165, 1.54) is 5.56 Å². The van der Waals surface area contributed by atoms with Gasteiger partial charge in [0, 0.05) is 59.1 Å². The zero-order valence-corrected chi connectivity index (χ0v) is 19.6. The lowest BCUT2D eigenvalue weighted by Gasteiger charge is -2.36. The van der Waals surface area contributed by atoms with Gasteiger partial charge < -0.3 is 19.9 Å². The van der Waals surface area contributed by atoms with Crippen LogP contribution in [0.3, 0.4) is 0 Å². The summed E-state index contributed by atoms with van der Waals surface area (Å²) < 4.78 is 6.13. The number of likely N-dealkylation sites (tertiary alicyclic amines) is 1. The average molecular weight is 437 g/mol. The Bertz CT molecular complexity index is 868. The van der Waals surface area contributed by atoms with Crippen molar-refractivity contribution in [1.82, 2.24) is 20.1 Å². The van der Waals surface area contributed by atoms with Gasteiger partial charge in [-0.25, -0.2) is 4.98 Å². The molecule has 0 bridgehead atoms. The molecule has 2 unspecified atom stereocenters. The number of ether oxygens (including phenoxy) is 1. The smallest absolute Gasteiger partial charge is 0.194 e. The first-order valence-corrected chi connectivity index (χ1v) is 11.8. The molecule has 2 aliphatic heterocycles. The van der Waals surface area contributed by atoms with Gasteiger partial charge in [0.25, 0.3) is 0 Å². The first-order valence-electron chi connectivity index (χ1n) is 11.8. The maximum absolute atomic E-state index is 6.13. The predicted molar refractivity (Wildman–Crippen MR) is 130 cm³/mol. The number of guanidine groups is 1. The molecular weight excluding hydrogens is 400 g/mol. The molecule has 172 valence electrons. The summed E-state index contributed by atoms with van der Waals surface area (Å²) in [6.07, 6.45) is 2.18. The first kappa shape index (κ1) is 22.6. The molecule has 0 saturated carbocycles. The number of aromatic nitrogens is 1. The second-order valence-electron chi connectivity index (χ2n) is 8.44. The van der Waals surface area contributed by atoms with Gasteiger partial charge in [0.05, 0.1) is 18.8 Å². The molecule has 7 nitrogen and oxygen atoms in total. The van der Waals surface area contributed by atoms with E-state index in [4.69, 9.17) is 4.74 Å². The lowest BCUT2D eigenvalue weighted by molar-refractivity contribution is -0.0502. The zero-order chi connectivity index (χ0) is 22.3. The Hall–Kier alpha value is -2.64. The topological polar surface area (TPSA) is 56.2 Å². The van der Waals surface area contributed by atoms with E-state index in [0.29, 0.717) is 12.6 Å². The fourth-order valence-corrected chi connectivity index (χ4v) is 4.71. The van der Waals surface area contributed by atoms with E-state index in [-0.39, 0.29) is 6.10 Å². The standard InChI is InChI=1S/C25H36N6O/c1-4-29(5-2)24-12-11-21(15-27-24)16-28-25(26-3)31-18-22-23(19-31)32-14-13-30(22)17-20-9-7-6-8-10-20/h6-12,15,22-23H,4-5,13-14,16-19H2,1-3H3,(H,26,28). The highest BCUT2D eigenvalue weighted by molar-refractivity contribution is 5.80. The van der Waals surface area contributed by atoms with Gasteiger partial charge in [-0.05, 0) is 31.0 Å². The Labute approximate surface area is 192 Å². The van der Waals surface area contributed by atoms with Crippen LogP contribution in [0.4, 0.5) is 5.82 Å². The number of aliphatic imine (C=N–C) groups is 1. The van der Waals surface area contributed by atoms with Gasteiger partial charge in [-0.1, -0.05) is 36.4 Å². The maximum atomic E-state index is 6.13. The molecule has 2 aromatic rings. The summed E-state index contributed by atoms with van der Waals surface area (Å²) in [4.78, 5) is 16.3. The largest absolute Gasteiger partial charge is 0.373 e. The van der Waals surface area contributed by atoms with Gasteiger partial charge in [-0.15, -0.1) is 0 Å². The van der Waals surface area contributed by atoms with Crippen LogP contribution in [0, 0.1) is 0 Å². The van der Waals surface area contributed by atoms with Gasteiger partial charge in [0.1, 0.15) is 5.82 Å². The number of rotatable bonds is 7. The molecule has 3 heterocycles. The summed E-state index contributed by atoms with van der Waals surface area (Å²) in [5, 5.41) is 3.53. The summed E-state index contributed by atoms with van der Waals surface area (Å²) in [5.41, 5.74) is 2.51. The van der Waals surface area contributed by atoms with Crippen molar-refractivity contribution in [1.29, 1.82) is 0 Å². The number of benzene rings is 1. The van der Waals surface area contributed by atoms with Crippen LogP contribution in [-0.4, -0.2) is 79.3 Å². The maximum Gasteiger partial charge on any atom is 0.194 e. The Balaban J connectivity index is 1.35. The predicted octanol–water partition coefficient (Wildman–Crippen LogP) is 2.59. The number of morpholine rings is 1. The molecule has 0 radical (unpaired) electrons. The molecule has 1 aromatic carbocycles. The molecule has 2 atom stereocenters. The molecule has 32 heavy (non-hydrogen) atoms. The van der Waals surface area contributed by atoms with Gasteiger partial charge >= 0.3 is 0 Å². The quantitative estimate of drug-likeness (QED) is 0.532. The van der Waals surface area contributed by atoms with Crippen molar-refractivity contribution < 1.29 is 4.74 Å². The normalized spacial score (nSPS) is 21.5. The van der Waals surface area contributed by atoms with Gasteiger partial charge in [-0.2, -0.15) is 0 Å². The molecule has 2 fully saturated rings. The molecule has 1 N–H and O–H groups in total. The lowest BCUT2D eigenvalue weighted by atomic mass is 10.1. The van der Waals surface area contributed by atoms with Crippen LogP contribution in [0.15, 0.2) is 53.7 Å². The van der Waals surface area contributed by atoms with Crippen molar-refractivity contribution in [3.05, 3.63) is 59.8 Å². The molecule has 2 aliphatic rings. The average Bonchev–Trinajstić information content (AvgIpc) is 3.27. The Morgan fingerprint density at radius 3 is 2.62 bits per heavy atom. The van der Waals surface area contributed by atoms with Crippen LogP contribution in [0.2, 0.25) is 0 Å². The third-order valence-electron chi connectivity index (χ3n) is 6.50. The third kappa shape index (κ3) is 5.22. The highest BCUT2D eigenvalue weighted by atomic mass is 16.5. The zero-order valence-electron chi connectivity index (χ0n) is 19.6. The Morgan fingerprint density at radius 2 is 1.94 bits per heavy atom. The monoisotopic (exact) mass is 436 g/mol. The SMILES string of the molecule is CCN(CC)c1ccc(CNC(=NC)N2CC3OCCN(Cc4ccccc4)C3C2)cn1. The van der Waals surface area contributed by atoms with Gasteiger partial charge in [0.2, 0.25) is 0 Å². The lowest BCUT2D eigenvalue weighted by Crippen LogP contribution is -2.50. The summed E-state index contributed by atoms with van der Waals surface area (Å²) in [7, 11) is 1.86. The molecule has 2 saturated heterocycles. The second-order valence-corrected chi connectivity index (χ2v) is 8.44. The van der Waals surface area contributed by atoms with E-state index >= 15 is 0 Å². The van der Waals surface area contributed by atoms with Crippen molar-refractivity contribution in [3.63, 3.8) is 0 Å². The van der Waals surface area contributed by atoms with E-state index < -0.39 is 0 Å². The number of hydrogen-bond donors (Lipinski definition) is 1. The Kier molecular flexibility index (Phi) is 7.60. The number of anilines is 1. The summed E-state index contributed by atoms with van der Waals surface area (Å²) in [6.45, 7) is 11.5. The summed E-state index contributed by atoms with van der Waals surface area (Å²) >= 11 is 0. The molecule has 0 aliphatic carbocycles.